The summed E-state index contributed by atoms with van der Waals surface area (Å²) in [5, 5.41) is 3.35. The van der Waals surface area contributed by atoms with Crippen molar-refractivity contribution >= 4 is 17.3 Å². The molecule has 0 saturated heterocycles. The highest BCUT2D eigenvalue weighted by Gasteiger charge is 2.20. The van der Waals surface area contributed by atoms with E-state index in [0.29, 0.717) is 5.82 Å². The van der Waals surface area contributed by atoms with Crippen LogP contribution in [-0.4, -0.2) is 23.5 Å². The summed E-state index contributed by atoms with van der Waals surface area (Å²) < 4.78 is 5.20. The fourth-order valence-corrected chi connectivity index (χ4v) is 3.53. The van der Waals surface area contributed by atoms with E-state index in [1.807, 2.05) is 24.3 Å². The number of rotatable bonds is 5. The van der Waals surface area contributed by atoms with Gasteiger partial charge in [-0.2, -0.15) is 0 Å². The minimum absolute atomic E-state index is 0.628. The van der Waals surface area contributed by atoms with Crippen molar-refractivity contribution in [2.45, 2.75) is 19.5 Å². The smallest absolute Gasteiger partial charge is 0.133 e. The predicted molar refractivity (Wildman–Crippen MR) is 109 cm³/mol. The molecule has 4 rings (SSSR count). The van der Waals surface area contributed by atoms with Crippen molar-refractivity contribution in [1.29, 1.82) is 0 Å². The van der Waals surface area contributed by atoms with E-state index >= 15 is 0 Å². The van der Waals surface area contributed by atoms with Crippen LogP contribution in [0, 0.1) is 0 Å². The first kappa shape index (κ1) is 17.4. The summed E-state index contributed by atoms with van der Waals surface area (Å²) in [5.74, 6) is 2.23. The molecule has 0 bridgehead atoms. The Bertz CT molecular complexity index is 910. The molecule has 5 nitrogen and oxygen atoms in total. The van der Waals surface area contributed by atoms with Gasteiger partial charge in [0.2, 0.25) is 0 Å². The Kier molecular flexibility index (Phi) is 4.94. The molecule has 2 heterocycles. The molecule has 0 saturated carbocycles. The summed E-state index contributed by atoms with van der Waals surface area (Å²) in [6.45, 7) is 2.83. The molecule has 0 atom stereocenters. The maximum atomic E-state index is 6.25. The van der Waals surface area contributed by atoms with Gasteiger partial charge in [-0.15, -0.1) is 0 Å². The Hall–Kier alpha value is -3.05. The third-order valence-corrected chi connectivity index (χ3v) is 4.93. The van der Waals surface area contributed by atoms with Crippen LogP contribution in [0.25, 0.3) is 0 Å². The van der Waals surface area contributed by atoms with Gasteiger partial charge in [0.25, 0.3) is 0 Å². The number of methoxy groups -OCH3 is 1. The molecule has 5 heteroatoms. The predicted octanol–water partition coefficient (Wildman–Crippen LogP) is 3.97. The summed E-state index contributed by atoms with van der Waals surface area (Å²) in [5.41, 5.74) is 11.0. The van der Waals surface area contributed by atoms with Gasteiger partial charge in [0.05, 0.1) is 7.11 Å². The number of benzene rings is 2. The summed E-state index contributed by atoms with van der Waals surface area (Å²) in [6.07, 6.45) is 0.934. The molecule has 0 spiro atoms. The molecule has 1 aliphatic heterocycles. The molecule has 138 valence electrons. The van der Waals surface area contributed by atoms with E-state index in [4.69, 9.17) is 10.5 Å². The SMILES string of the molecule is COc1ccc(Nc2cc3c(c(N)n2)CCN(Cc2ccccc2)C3)cc1. The highest BCUT2D eigenvalue weighted by molar-refractivity contribution is 5.62. The molecule has 0 radical (unpaired) electrons. The van der Waals surface area contributed by atoms with Crippen molar-refractivity contribution in [3.05, 3.63) is 77.4 Å². The summed E-state index contributed by atoms with van der Waals surface area (Å²) in [7, 11) is 1.66. The monoisotopic (exact) mass is 360 g/mol. The average molecular weight is 360 g/mol. The second-order valence-corrected chi connectivity index (χ2v) is 6.83. The van der Waals surface area contributed by atoms with Crippen LogP contribution < -0.4 is 15.8 Å². The number of hydrogen-bond acceptors (Lipinski definition) is 5. The fourth-order valence-electron chi connectivity index (χ4n) is 3.53. The molecule has 0 aliphatic carbocycles. The van der Waals surface area contributed by atoms with Gasteiger partial charge in [0.15, 0.2) is 0 Å². The van der Waals surface area contributed by atoms with Gasteiger partial charge in [-0.25, -0.2) is 4.98 Å². The number of nitrogens with zero attached hydrogens (tertiary/aromatic N) is 2. The van der Waals surface area contributed by atoms with Crippen molar-refractivity contribution in [1.82, 2.24) is 9.88 Å². The molecule has 27 heavy (non-hydrogen) atoms. The molecular formula is C22H24N4O. The number of anilines is 3. The van der Waals surface area contributed by atoms with E-state index in [1.165, 1.54) is 16.7 Å². The number of hydrogen-bond donors (Lipinski definition) is 2. The zero-order chi connectivity index (χ0) is 18.6. The second kappa shape index (κ2) is 7.68. The van der Waals surface area contributed by atoms with Gasteiger partial charge in [0, 0.05) is 30.9 Å². The zero-order valence-corrected chi connectivity index (χ0v) is 15.5. The van der Waals surface area contributed by atoms with Gasteiger partial charge in [-0.05, 0) is 47.9 Å². The first-order valence-electron chi connectivity index (χ1n) is 9.17. The first-order valence-corrected chi connectivity index (χ1v) is 9.17. The lowest BCUT2D eigenvalue weighted by Gasteiger charge is -2.29. The molecule has 0 unspecified atom stereocenters. The van der Waals surface area contributed by atoms with Gasteiger partial charge in [0.1, 0.15) is 17.4 Å². The number of fused-ring (bicyclic) bond motifs is 1. The second-order valence-electron chi connectivity index (χ2n) is 6.83. The van der Waals surface area contributed by atoms with E-state index in [2.05, 4.69) is 51.6 Å². The normalized spacial score (nSPS) is 13.8. The van der Waals surface area contributed by atoms with Crippen LogP contribution in [0.5, 0.6) is 5.75 Å². The van der Waals surface area contributed by atoms with Gasteiger partial charge in [-0.1, -0.05) is 30.3 Å². The molecule has 0 amide bonds. The maximum absolute atomic E-state index is 6.25. The molecule has 3 aromatic rings. The van der Waals surface area contributed by atoms with Crippen molar-refractivity contribution in [3.8, 4) is 5.75 Å². The molecular weight excluding hydrogens is 336 g/mol. The van der Waals surface area contributed by atoms with E-state index < -0.39 is 0 Å². The minimum Gasteiger partial charge on any atom is -0.497 e. The fraction of sp³-hybridized carbons (Fsp3) is 0.227. The quantitative estimate of drug-likeness (QED) is 0.721. The van der Waals surface area contributed by atoms with Crippen molar-refractivity contribution in [2.24, 2.45) is 0 Å². The van der Waals surface area contributed by atoms with Crippen LogP contribution in [0.4, 0.5) is 17.3 Å². The van der Waals surface area contributed by atoms with Gasteiger partial charge >= 0.3 is 0 Å². The van der Waals surface area contributed by atoms with E-state index in [-0.39, 0.29) is 0 Å². The van der Waals surface area contributed by atoms with Gasteiger partial charge < -0.3 is 15.8 Å². The Labute approximate surface area is 159 Å². The zero-order valence-electron chi connectivity index (χ0n) is 15.5. The Morgan fingerprint density at radius 2 is 1.89 bits per heavy atom. The summed E-state index contributed by atoms with van der Waals surface area (Å²) >= 11 is 0. The van der Waals surface area contributed by atoms with Crippen LogP contribution >= 0.6 is 0 Å². The molecule has 0 fully saturated rings. The topological polar surface area (TPSA) is 63.4 Å². The van der Waals surface area contributed by atoms with Crippen molar-refractivity contribution < 1.29 is 4.74 Å². The summed E-state index contributed by atoms with van der Waals surface area (Å²) in [6, 6.07) is 20.5. The number of aromatic nitrogens is 1. The van der Waals surface area contributed by atoms with Crippen molar-refractivity contribution in [3.63, 3.8) is 0 Å². The largest absolute Gasteiger partial charge is 0.497 e. The lowest BCUT2D eigenvalue weighted by Crippen LogP contribution is -2.31. The van der Waals surface area contributed by atoms with Crippen LogP contribution in [0.1, 0.15) is 16.7 Å². The molecule has 2 aromatic carbocycles. The number of nitrogen functional groups attached to an aromatic ring is 1. The number of nitrogens with two attached hydrogens (primary N) is 1. The van der Waals surface area contributed by atoms with Crippen molar-refractivity contribution in [2.75, 3.05) is 24.7 Å². The van der Waals surface area contributed by atoms with Crippen LogP contribution in [0.15, 0.2) is 60.7 Å². The number of nitrogens with one attached hydrogen (secondary N) is 1. The number of ether oxygens (including phenoxy) is 1. The lowest BCUT2D eigenvalue weighted by molar-refractivity contribution is 0.245. The van der Waals surface area contributed by atoms with Crippen LogP contribution in [-0.2, 0) is 19.5 Å². The minimum atomic E-state index is 0.628. The lowest BCUT2D eigenvalue weighted by atomic mass is 10.00. The van der Waals surface area contributed by atoms with Crippen LogP contribution in [0.2, 0.25) is 0 Å². The average Bonchev–Trinajstić information content (AvgIpc) is 2.69. The molecule has 3 N–H and O–H groups in total. The maximum Gasteiger partial charge on any atom is 0.133 e. The Balaban J connectivity index is 1.51. The first-order chi connectivity index (χ1) is 13.2. The highest BCUT2D eigenvalue weighted by atomic mass is 16.5. The van der Waals surface area contributed by atoms with E-state index in [1.54, 1.807) is 7.11 Å². The molecule has 1 aromatic heterocycles. The standard InChI is InChI=1S/C22H24N4O/c1-27-19-9-7-18(8-10-19)24-21-13-17-15-26(12-11-20(17)22(23)25-21)14-16-5-3-2-4-6-16/h2-10,13H,11-12,14-15H2,1H3,(H3,23,24,25). The summed E-state index contributed by atoms with van der Waals surface area (Å²) in [4.78, 5) is 7.00. The molecule has 1 aliphatic rings. The third kappa shape index (κ3) is 4.04. The Morgan fingerprint density at radius 1 is 1.11 bits per heavy atom. The van der Waals surface area contributed by atoms with Gasteiger partial charge in [-0.3, -0.25) is 4.90 Å². The highest BCUT2D eigenvalue weighted by Crippen LogP contribution is 2.28. The van der Waals surface area contributed by atoms with Crippen LogP contribution in [0.3, 0.4) is 0 Å². The third-order valence-electron chi connectivity index (χ3n) is 4.93. The van der Waals surface area contributed by atoms with E-state index in [0.717, 1.165) is 43.3 Å². The number of pyridine rings is 1. The van der Waals surface area contributed by atoms with E-state index in [9.17, 15) is 0 Å². The Morgan fingerprint density at radius 3 is 2.63 bits per heavy atom.